The van der Waals surface area contributed by atoms with Crippen molar-refractivity contribution in [2.24, 2.45) is 0 Å². The van der Waals surface area contributed by atoms with E-state index < -0.39 is 17.9 Å². The average molecular weight is 262 g/mol. The van der Waals surface area contributed by atoms with E-state index in [0.29, 0.717) is 0 Å². The first-order chi connectivity index (χ1) is 9.06. The maximum atomic E-state index is 11.5. The Kier molecular flexibility index (Phi) is 4.16. The normalized spacial score (nSPS) is 15.7. The van der Waals surface area contributed by atoms with Crippen LogP contribution >= 0.6 is 0 Å². The SMILES string of the molecule is Cc1cccc(C(O)CNC(=O)C(=O)NC2CC2)c1. The third kappa shape index (κ3) is 4.06. The van der Waals surface area contributed by atoms with Crippen molar-refractivity contribution in [1.82, 2.24) is 10.6 Å². The molecule has 2 rings (SSSR count). The number of nitrogens with one attached hydrogen (secondary N) is 2. The predicted octanol–water partition coefficient (Wildman–Crippen LogP) is 0.423. The van der Waals surface area contributed by atoms with Crippen molar-refractivity contribution in [1.29, 1.82) is 0 Å². The van der Waals surface area contributed by atoms with Crippen LogP contribution in [0.25, 0.3) is 0 Å². The molecular weight excluding hydrogens is 244 g/mol. The minimum absolute atomic E-state index is 0.0281. The molecule has 19 heavy (non-hydrogen) atoms. The number of carbonyl (C=O) groups excluding carboxylic acids is 2. The highest BCUT2D eigenvalue weighted by Crippen LogP contribution is 2.18. The van der Waals surface area contributed by atoms with Gasteiger partial charge in [-0.2, -0.15) is 0 Å². The topological polar surface area (TPSA) is 78.4 Å². The van der Waals surface area contributed by atoms with E-state index in [2.05, 4.69) is 10.6 Å². The molecule has 1 saturated carbocycles. The molecule has 0 heterocycles. The van der Waals surface area contributed by atoms with Crippen LogP contribution in [0.4, 0.5) is 0 Å². The van der Waals surface area contributed by atoms with E-state index in [1.54, 1.807) is 6.07 Å². The molecule has 0 radical (unpaired) electrons. The van der Waals surface area contributed by atoms with Crippen LogP contribution in [0.1, 0.15) is 30.1 Å². The third-order valence-corrected chi connectivity index (χ3v) is 3.00. The van der Waals surface area contributed by atoms with Crippen molar-refractivity contribution < 1.29 is 14.7 Å². The fourth-order valence-corrected chi connectivity index (χ4v) is 1.74. The molecule has 5 heteroatoms. The Hall–Kier alpha value is -1.88. The van der Waals surface area contributed by atoms with Crippen LogP contribution in [-0.2, 0) is 9.59 Å². The zero-order valence-electron chi connectivity index (χ0n) is 10.8. The van der Waals surface area contributed by atoms with E-state index in [-0.39, 0.29) is 12.6 Å². The van der Waals surface area contributed by atoms with Gasteiger partial charge in [-0.1, -0.05) is 29.8 Å². The zero-order valence-corrected chi connectivity index (χ0v) is 10.8. The van der Waals surface area contributed by atoms with Crippen LogP contribution in [0.15, 0.2) is 24.3 Å². The number of amides is 2. The van der Waals surface area contributed by atoms with E-state index >= 15 is 0 Å². The second-order valence-corrected chi connectivity index (χ2v) is 4.89. The van der Waals surface area contributed by atoms with Gasteiger partial charge in [0.25, 0.3) is 0 Å². The summed E-state index contributed by atoms with van der Waals surface area (Å²) < 4.78 is 0. The van der Waals surface area contributed by atoms with Gasteiger partial charge in [-0.3, -0.25) is 9.59 Å². The lowest BCUT2D eigenvalue weighted by molar-refractivity contribution is -0.139. The van der Waals surface area contributed by atoms with Gasteiger partial charge in [0.2, 0.25) is 0 Å². The molecule has 0 bridgehead atoms. The minimum atomic E-state index is -0.808. The Bertz CT molecular complexity index is 483. The quantitative estimate of drug-likeness (QED) is 0.688. The summed E-state index contributed by atoms with van der Waals surface area (Å²) in [6, 6.07) is 7.56. The molecule has 1 aliphatic rings. The average Bonchev–Trinajstić information content (AvgIpc) is 3.19. The van der Waals surface area contributed by atoms with Crippen LogP contribution in [0.3, 0.4) is 0 Å². The Labute approximate surface area is 112 Å². The van der Waals surface area contributed by atoms with Gasteiger partial charge >= 0.3 is 11.8 Å². The summed E-state index contributed by atoms with van der Waals surface area (Å²) in [5.74, 6) is -1.32. The molecule has 1 aromatic carbocycles. The molecule has 1 fully saturated rings. The molecule has 1 unspecified atom stereocenters. The molecule has 0 aromatic heterocycles. The summed E-state index contributed by atoms with van der Waals surface area (Å²) in [5.41, 5.74) is 1.76. The van der Waals surface area contributed by atoms with Crippen LogP contribution in [-0.4, -0.2) is 29.5 Å². The molecule has 5 nitrogen and oxygen atoms in total. The van der Waals surface area contributed by atoms with Crippen molar-refractivity contribution in [3.63, 3.8) is 0 Å². The summed E-state index contributed by atoms with van der Waals surface area (Å²) in [6.45, 7) is 1.96. The molecule has 2 amide bonds. The van der Waals surface area contributed by atoms with Gasteiger partial charge in [-0.05, 0) is 25.3 Å². The molecule has 102 valence electrons. The number of carbonyl (C=O) groups is 2. The van der Waals surface area contributed by atoms with Gasteiger partial charge in [0, 0.05) is 12.6 Å². The smallest absolute Gasteiger partial charge is 0.309 e. The van der Waals surface area contributed by atoms with Gasteiger partial charge in [0.1, 0.15) is 0 Å². The molecular formula is C14H18N2O3. The number of aliphatic hydroxyl groups is 1. The summed E-state index contributed by atoms with van der Waals surface area (Å²) in [4.78, 5) is 22.9. The molecule has 0 saturated heterocycles. The van der Waals surface area contributed by atoms with Crippen molar-refractivity contribution in [2.45, 2.75) is 31.9 Å². The first-order valence-corrected chi connectivity index (χ1v) is 6.39. The van der Waals surface area contributed by atoms with Crippen molar-refractivity contribution in [3.05, 3.63) is 35.4 Å². The van der Waals surface area contributed by atoms with Crippen molar-refractivity contribution >= 4 is 11.8 Å². The lowest BCUT2D eigenvalue weighted by atomic mass is 10.1. The second kappa shape index (κ2) is 5.84. The predicted molar refractivity (Wildman–Crippen MR) is 70.3 cm³/mol. The molecule has 1 aliphatic carbocycles. The van der Waals surface area contributed by atoms with Gasteiger partial charge < -0.3 is 15.7 Å². The second-order valence-electron chi connectivity index (χ2n) is 4.89. The van der Waals surface area contributed by atoms with E-state index in [1.807, 2.05) is 25.1 Å². The molecule has 0 aliphatic heterocycles. The summed E-state index contributed by atoms with van der Waals surface area (Å²) in [6.07, 6.45) is 1.06. The van der Waals surface area contributed by atoms with Crippen LogP contribution in [0.5, 0.6) is 0 Å². The number of benzene rings is 1. The summed E-state index contributed by atoms with van der Waals surface area (Å²) in [7, 11) is 0. The van der Waals surface area contributed by atoms with E-state index in [1.165, 1.54) is 0 Å². The highest BCUT2D eigenvalue weighted by Gasteiger charge is 2.26. The number of aryl methyl sites for hydroxylation is 1. The molecule has 3 N–H and O–H groups in total. The van der Waals surface area contributed by atoms with Gasteiger partial charge in [-0.25, -0.2) is 0 Å². The first-order valence-electron chi connectivity index (χ1n) is 6.39. The van der Waals surface area contributed by atoms with E-state index in [4.69, 9.17) is 0 Å². The van der Waals surface area contributed by atoms with Gasteiger partial charge in [0.15, 0.2) is 0 Å². The van der Waals surface area contributed by atoms with Crippen LogP contribution in [0.2, 0.25) is 0 Å². The molecule has 1 aromatic rings. The monoisotopic (exact) mass is 262 g/mol. The van der Waals surface area contributed by atoms with Gasteiger partial charge in [0.05, 0.1) is 6.10 Å². The molecule has 0 spiro atoms. The fraction of sp³-hybridized carbons (Fsp3) is 0.429. The summed E-state index contributed by atoms with van der Waals surface area (Å²) in [5, 5.41) is 14.9. The number of aliphatic hydroxyl groups excluding tert-OH is 1. The Morgan fingerprint density at radius 1 is 1.37 bits per heavy atom. The Balaban J connectivity index is 1.80. The summed E-state index contributed by atoms with van der Waals surface area (Å²) >= 11 is 0. The van der Waals surface area contributed by atoms with Crippen LogP contribution in [0, 0.1) is 6.92 Å². The number of hydrogen-bond acceptors (Lipinski definition) is 3. The number of rotatable bonds is 4. The fourth-order valence-electron chi connectivity index (χ4n) is 1.74. The minimum Gasteiger partial charge on any atom is -0.387 e. The molecule has 1 atom stereocenters. The lowest BCUT2D eigenvalue weighted by Gasteiger charge is -2.12. The zero-order chi connectivity index (χ0) is 13.8. The highest BCUT2D eigenvalue weighted by atomic mass is 16.3. The first kappa shape index (κ1) is 13.5. The van der Waals surface area contributed by atoms with Crippen molar-refractivity contribution in [3.8, 4) is 0 Å². The van der Waals surface area contributed by atoms with Crippen LogP contribution < -0.4 is 10.6 Å². The largest absolute Gasteiger partial charge is 0.387 e. The Morgan fingerprint density at radius 3 is 2.74 bits per heavy atom. The van der Waals surface area contributed by atoms with E-state index in [0.717, 1.165) is 24.0 Å². The Morgan fingerprint density at radius 2 is 2.11 bits per heavy atom. The maximum Gasteiger partial charge on any atom is 0.309 e. The standard InChI is InChI=1S/C14H18N2O3/c1-9-3-2-4-10(7-9)12(17)8-15-13(18)14(19)16-11-5-6-11/h2-4,7,11-12,17H,5-6,8H2,1H3,(H,15,18)(H,16,19). The maximum absolute atomic E-state index is 11.5. The van der Waals surface area contributed by atoms with Gasteiger partial charge in [-0.15, -0.1) is 0 Å². The van der Waals surface area contributed by atoms with E-state index in [9.17, 15) is 14.7 Å². The van der Waals surface area contributed by atoms with Crippen molar-refractivity contribution in [2.75, 3.05) is 6.54 Å². The highest BCUT2D eigenvalue weighted by molar-refractivity contribution is 6.35. The third-order valence-electron chi connectivity index (χ3n) is 3.00. The lowest BCUT2D eigenvalue weighted by Crippen LogP contribution is -2.42. The number of hydrogen-bond donors (Lipinski definition) is 3.